The van der Waals surface area contributed by atoms with Crippen molar-refractivity contribution in [2.45, 2.75) is 45.4 Å². The highest BCUT2D eigenvalue weighted by atomic mass is 16.5. The Kier molecular flexibility index (Phi) is 4.85. The topological polar surface area (TPSA) is 73.1 Å². The summed E-state index contributed by atoms with van der Waals surface area (Å²) in [6.07, 6.45) is 3.32. The van der Waals surface area contributed by atoms with Gasteiger partial charge in [0, 0.05) is 12.6 Å². The van der Waals surface area contributed by atoms with Gasteiger partial charge in [-0.05, 0) is 43.5 Å². The van der Waals surface area contributed by atoms with Crippen LogP contribution in [0.5, 0.6) is 5.75 Å². The lowest BCUT2D eigenvalue weighted by molar-refractivity contribution is -0.135. The average molecular weight is 315 g/mol. The van der Waals surface area contributed by atoms with Crippen LogP contribution in [0.25, 0.3) is 0 Å². The summed E-state index contributed by atoms with van der Waals surface area (Å²) in [6, 6.07) is 9.75. The highest BCUT2D eigenvalue weighted by Gasteiger charge is 2.23. The Labute approximate surface area is 135 Å². The first kappa shape index (κ1) is 15.5. The fourth-order valence-electron chi connectivity index (χ4n) is 2.75. The van der Waals surface area contributed by atoms with E-state index < -0.39 is 0 Å². The zero-order valence-electron chi connectivity index (χ0n) is 13.3. The molecule has 0 saturated carbocycles. The number of hydrogen-bond acceptors (Lipinski definition) is 5. The first-order chi connectivity index (χ1) is 11.2. The molecule has 1 fully saturated rings. The van der Waals surface area contributed by atoms with Crippen molar-refractivity contribution in [1.29, 1.82) is 0 Å². The summed E-state index contributed by atoms with van der Waals surface area (Å²) in [4.78, 5) is 15.6. The normalized spacial score (nSPS) is 18.0. The van der Waals surface area contributed by atoms with Gasteiger partial charge in [0.05, 0.1) is 0 Å². The molecule has 7 heteroatoms. The van der Waals surface area contributed by atoms with Crippen LogP contribution in [0.2, 0.25) is 0 Å². The Hall–Kier alpha value is -2.44. The van der Waals surface area contributed by atoms with Crippen molar-refractivity contribution >= 4 is 5.91 Å². The van der Waals surface area contributed by atoms with Crippen LogP contribution >= 0.6 is 0 Å². The van der Waals surface area contributed by atoms with E-state index in [1.807, 2.05) is 35.2 Å². The minimum Gasteiger partial charge on any atom is -0.485 e. The lowest BCUT2D eigenvalue weighted by Gasteiger charge is -2.33. The van der Waals surface area contributed by atoms with Crippen LogP contribution < -0.4 is 4.74 Å². The molecule has 3 rings (SSSR count). The van der Waals surface area contributed by atoms with Crippen LogP contribution in [0.1, 0.15) is 32.0 Å². The van der Waals surface area contributed by atoms with Crippen molar-refractivity contribution in [2.75, 3.05) is 6.54 Å². The Balaban J connectivity index is 1.53. The van der Waals surface area contributed by atoms with Gasteiger partial charge in [-0.2, -0.15) is 4.80 Å². The average Bonchev–Trinajstić information content (AvgIpc) is 3.02. The number of likely N-dealkylation sites (tertiary alicyclic amines) is 1. The standard InChI is InChI=1S/C16H21N5O2/c1-13-7-5-6-10-20(13)16(22)11-21-18-15(17-19-21)12-23-14-8-3-2-4-9-14/h2-4,8-9,13H,5-7,10-12H2,1H3/t13-/m1/s1. The van der Waals surface area contributed by atoms with Gasteiger partial charge < -0.3 is 9.64 Å². The number of tetrazole rings is 1. The second kappa shape index (κ2) is 7.21. The van der Waals surface area contributed by atoms with Gasteiger partial charge in [-0.1, -0.05) is 18.2 Å². The van der Waals surface area contributed by atoms with Crippen molar-refractivity contribution in [1.82, 2.24) is 25.1 Å². The fourth-order valence-corrected chi connectivity index (χ4v) is 2.75. The van der Waals surface area contributed by atoms with Crippen molar-refractivity contribution in [2.24, 2.45) is 0 Å². The lowest BCUT2D eigenvalue weighted by atomic mass is 10.0. The van der Waals surface area contributed by atoms with Crippen molar-refractivity contribution in [3.05, 3.63) is 36.2 Å². The molecule has 0 aliphatic carbocycles. The van der Waals surface area contributed by atoms with Crippen LogP contribution in [0.4, 0.5) is 0 Å². The number of benzene rings is 1. The fraction of sp³-hybridized carbons (Fsp3) is 0.500. The third-order valence-electron chi connectivity index (χ3n) is 4.01. The smallest absolute Gasteiger partial charge is 0.246 e. The number of hydrogen-bond donors (Lipinski definition) is 0. The van der Waals surface area contributed by atoms with Crippen molar-refractivity contribution in [3.63, 3.8) is 0 Å². The molecule has 1 aliphatic rings. The number of carbonyl (C=O) groups excluding carboxylic acids is 1. The zero-order chi connectivity index (χ0) is 16.1. The second-order valence-corrected chi connectivity index (χ2v) is 5.77. The molecule has 0 unspecified atom stereocenters. The first-order valence-corrected chi connectivity index (χ1v) is 7.96. The number of piperidine rings is 1. The number of rotatable bonds is 5. The third-order valence-corrected chi connectivity index (χ3v) is 4.01. The summed E-state index contributed by atoms with van der Waals surface area (Å²) in [5.74, 6) is 1.26. The van der Waals surface area contributed by atoms with Crippen LogP contribution in [-0.4, -0.2) is 43.6 Å². The Morgan fingerprint density at radius 1 is 1.30 bits per heavy atom. The molecule has 0 radical (unpaired) electrons. The van der Waals surface area contributed by atoms with E-state index in [1.165, 1.54) is 11.2 Å². The van der Waals surface area contributed by atoms with E-state index in [1.54, 1.807) is 0 Å². The van der Waals surface area contributed by atoms with Crippen LogP contribution in [0.3, 0.4) is 0 Å². The molecule has 122 valence electrons. The molecular formula is C16H21N5O2. The maximum absolute atomic E-state index is 12.3. The van der Waals surface area contributed by atoms with Crippen LogP contribution in [0.15, 0.2) is 30.3 Å². The summed E-state index contributed by atoms with van der Waals surface area (Å²) in [6.45, 7) is 3.27. The van der Waals surface area contributed by atoms with E-state index in [-0.39, 0.29) is 19.1 Å². The minimum atomic E-state index is 0.0464. The van der Waals surface area contributed by atoms with E-state index in [4.69, 9.17) is 4.74 Å². The Morgan fingerprint density at radius 3 is 2.91 bits per heavy atom. The van der Waals surface area contributed by atoms with Gasteiger partial charge >= 0.3 is 0 Å². The molecule has 0 N–H and O–H groups in total. The maximum atomic E-state index is 12.3. The maximum Gasteiger partial charge on any atom is 0.246 e. The van der Waals surface area contributed by atoms with E-state index in [2.05, 4.69) is 22.3 Å². The van der Waals surface area contributed by atoms with E-state index in [0.29, 0.717) is 11.9 Å². The molecule has 1 saturated heterocycles. The zero-order valence-corrected chi connectivity index (χ0v) is 13.3. The molecule has 0 spiro atoms. The van der Waals surface area contributed by atoms with Crippen molar-refractivity contribution < 1.29 is 9.53 Å². The second-order valence-electron chi connectivity index (χ2n) is 5.77. The van der Waals surface area contributed by atoms with Gasteiger partial charge in [0.2, 0.25) is 11.7 Å². The van der Waals surface area contributed by atoms with Crippen LogP contribution in [-0.2, 0) is 17.9 Å². The number of nitrogens with zero attached hydrogens (tertiary/aromatic N) is 5. The third kappa shape index (κ3) is 4.06. The number of para-hydroxylation sites is 1. The SMILES string of the molecule is C[C@@H]1CCCCN1C(=O)Cn1nnc(COc2ccccc2)n1. The van der Waals surface area contributed by atoms with Crippen molar-refractivity contribution in [3.8, 4) is 5.75 Å². The summed E-state index contributed by atoms with van der Waals surface area (Å²) in [5.41, 5.74) is 0. The van der Waals surface area contributed by atoms with E-state index >= 15 is 0 Å². The highest BCUT2D eigenvalue weighted by molar-refractivity contribution is 5.76. The molecule has 7 nitrogen and oxygen atoms in total. The molecule has 1 amide bonds. The number of ether oxygens (including phenoxy) is 1. The Bertz CT molecular complexity index is 643. The number of amides is 1. The minimum absolute atomic E-state index is 0.0464. The Morgan fingerprint density at radius 2 is 2.13 bits per heavy atom. The van der Waals surface area contributed by atoms with Gasteiger partial charge in [0.25, 0.3) is 0 Å². The summed E-state index contributed by atoms with van der Waals surface area (Å²) >= 11 is 0. The monoisotopic (exact) mass is 315 g/mol. The number of carbonyl (C=O) groups is 1. The highest BCUT2D eigenvalue weighted by Crippen LogP contribution is 2.16. The van der Waals surface area contributed by atoms with Crippen LogP contribution in [0, 0.1) is 0 Å². The van der Waals surface area contributed by atoms with Gasteiger partial charge in [-0.15, -0.1) is 10.2 Å². The lowest BCUT2D eigenvalue weighted by Crippen LogP contribution is -2.43. The predicted octanol–water partition coefficient (Wildman–Crippen LogP) is 1.65. The number of aromatic nitrogens is 4. The largest absolute Gasteiger partial charge is 0.485 e. The van der Waals surface area contributed by atoms with Gasteiger partial charge in [0.1, 0.15) is 12.3 Å². The molecule has 2 aromatic rings. The molecule has 1 aromatic heterocycles. The molecule has 1 atom stereocenters. The van der Waals surface area contributed by atoms with Gasteiger partial charge in [-0.25, -0.2) is 0 Å². The predicted molar refractivity (Wildman–Crippen MR) is 83.6 cm³/mol. The van der Waals surface area contributed by atoms with E-state index in [9.17, 15) is 4.79 Å². The molecule has 1 aliphatic heterocycles. The molecular weight excluding hydrogens is 294 g/mol. The first-order valence-electron chi connectivity index (χ1n) is 7.96. The summed E-state index contributed by atoms with van der Waals surface area (Å²) < 4.78 is 5.57. The summed E-state index contributed by atoms with van der Waals surface area (Å²) in [5, 5.41) is 12.1. The molecule has 0 bridgehead atoms. The summed E-state index contributed by atoms with van der Waals surface area (Å²) in [7, 11) is 0. The van der Waals surface area contributed by atoms with E-state index in [0.717, 1.165) is 25.1 Å². The molecule has 1 aromatic carbocycles. The van der Waals surface area contributed by atoms with Gasteiger partial charge in [-0.3, -0.25) is 4.79 Å². The van der Waals surface area contributed by atoms with Gasteiger partial charge in [0.15, 0.2) is 6.61 Å². The molecule has 23 heavy (non-hydrogen) atoms. The molecule has 2 heterocycles. The quantitative estimate of drug-likeness (QED) is 0.839.